The Morgan fingerprint density at radius 3 is 2.07 bits per heavy atom. The topological polar surface area (TPSA) is 62.7 Å². The van der Waals surface area contributed by atoms with E-state index < -0.39 is 0 Å². The highest BCUT2D eigenvalue weighted by Crippen LogP contribution is 2.33. The van der Waals surface area contributed by atoms with Gasteiger partial charge in [-0.2, -0.15) is 5.26 Å². The molecule has 0 aliphatic carbocycles. The molecule has 0 unspecified atom stereocenters. The van der Waals surface area contributed by atoms with E-state index in [2.05, 4.69) is 82.1 Å². The second-order valence-electron chi connectivity index (χ2n) is 8.05. The lowest BCUT2D eigenvalue weighted by Gasteiger charge is -2.19. The van der Waals surface area contributed by atoms with Gasteiger partial charge in [0.2, 0.25) is 0 Å². The van der Waals surface area contributed by atoms with E-state index in [1.165, 1.54) is 16.7 Å². The van der Waals surface area contributed by atoms with E-state index in [0.29, 0.717) is 5.56 Å². The number of hydrogen-bond donors (Lipinski definition) is 1. The summed E-state index contributed by atoms with van der Waals surface area (Å²) < 4.78 is 0. The zero-order valence-electron chi connectivity index (χ0n) is 16.6. The van der Waals surface area contributed by atoms with E-state index in [0.717, 1.165) is 22.4 Å². The first kappa shape index (κ1) is 18.7. The third kappa shape index (κ3) is 3.71. The summed E-state index contributed by atoms with van der Waals surface area (Å²) in [5, 5.41) is 9.62. The first-order chi connectivity index (χ1) is 12.7. The highest BCUT2D eigenvalue weighted by atomic mass is 14.8. The van der Waals surface area contributed by atoms with E-state index >= 15 is 0 Å². The first-order valence-corrected chi connectivity index (χ1v) is 9.10. The Labute approximate surface area is 161 Å². The average Bonchev–Trinajstić information content (AvgIpc) is 2.62. The third-order valence-corrected chi connectivity index (χ3v) is 5.02. The summed E-state index contributed by atoms with van der Waals surface area (Å²) >= 11 is 0. The number of benzene rings is 2. The van der Waals surface area contributed by atoms with Crippen LogP contribution in [0.5, 0.6) is 0 Å². The highest BCUT2D eigenvalue weighted by Gasteiger charge is 2.16. The summed E-state index contributed by atoms with van der Waals surface area (Å²) in [5.41, 5.74) is 13.9. The molecule has 0 bridgehead atoms. The molecular formula is C24H25N3. The number of nitrogens with zero attached hydrogens (tertiary/aromatic N) is 2. The molecule has 0 radical (unpaired) electrons. The number of hydrogen-bond acceptors (Lipinski definition) is 3. The molecule has 3 aromatic rings. The number of anilines is 1. The van der Waals surface area contributed by atoms with Crippen molar-refractivity contribution < 1.29 is 0 Å². The van der Waals surface area contributed by atoms with E-state index in [9.17, 15) is 5.26 Å². The van der Waals surface area contributed by atoms with Crippen LogP contribution in [-0.4, -0.2) is 4.98 Å². The number of nitriles is 1. The maximum atomic E-state index is 9.62. The Morgan fingerprint density at radius 2 is 1.52 bits per heavy atom. The van der Waals surface area contributed by atoms with Crippen molar-refractivity contribution in [2.75, 3.05) is 5.73 Å². The molecule has 0 saturated carbocycles. The molecule has 2 N–H and O–H groups in total. The second kappa shape index (κ2) is 6.89. The van der Waals surface area contributed by atoms with Crippen LogP contribution in [-0.2, 0) is 5.41 Å². The maximum Gasteiger partial charge on any atom is 0.142 e. The molecule has 136 valence electrons. The Balaban J connectivity index is 2.16. The van der Waals surface area contributed by atoms with Gasteiger partial charge in [0, 0.05) is 11.1 Å². The smallest absolute Gasteiger partial charge is 0.142 e. The van der Waals surface area contributed by atoms with Crippen molar-refractivity contribution in [1.29, 1.82) is 5.26 Å². The molecule has 0 fully saturated rings. The van der Waals surface area contributed by atoms with Crippen LogP contribution in [0.3, 0.4) is 0 Å². The van der Waals surface area contributed by atoms with E-state index in [4.69, 9.17) is 5.73 Å². The van der Waals surface area contributed by atoms with Crippen LogP contribution in [0.2, 0.25) is 0 Å². The molecule has 0 amide bonds. The quantitative estimate of drug-likeness (QED) is 0.633. The fraction of sp³-hybridized carbons (Fsp3) is 0.250. The monoisotopic (exact) mass is 355 g/mol. The van der Waals surface area contributed by atoms with Gasteiger partial charge in [0.05, 0.1) is 5.69 Å². The Bertz CT molecular complexity index is 1030. The predicted molar refractivity (Wildman–Crippen MR) is 112 cm³/mol. The van der Waals surface area contributed by atoms with Crippen LogP contribution in [0.15, 0.2) is 48.5 Å². The molecule has 0 saturated heterocycles. The molecule has 0 aliphatic heterocycles. The van der Waals surface area contributed by atoms with Crippen molar-refractivity contribution in [3.05, 3.63) is 70.8 Å². The minimum absolute atomic E-state index is 0.0818. The molecule has 1 heterocycles. The molecule has 0 spiro atoms. The summed E-state index contributed by atoms with van der Waals surface area (Å²) in [6.07, 6.45) is 0. The van der Waals surface area contributed by atoms with Gasteiger partial charge in [0.25, 0.3) is 0 Å². The minimum Gasteiger partial charge on any atom is -0.383 e. The van der Waals surface area contributed by atoms with Crippen molar-refractivity contribution in [1.82, 2.24) is 4.98 Å². The van der Waals surface area contributed by atoms with Crippen LogP contribution in [0.4, 0.5) is 5.82 Å². The van der Waals surface area contributed by atoms with Crippen molar-refractivity contribution in [3.8, 4) is 28.5 Å². The van der Waals surface area contributed by atoms with Crippen molar-refractivity contribution >= 4 is 5.82 Å². The third-order valence-electron chi connectivity index (χ3n) is 5.02. The summed E-state index contributed by atoms with van der Waals surface area (Å²) in [6.45, 7) is 10.7. The number of nitrogen functional groups attached to an aromatic ring is 1. The van der Waals surface area contributed by atoms with Crippen LogP contribution in [0.1, 0.15) is 43.0 Å². The largest absolute Gasteiger partial charge is 0.383 e. The fourth-order valence-electron chi connectivity index (χ4n) is 3.11. The van der Waals surface area contributed by atoms with E-state index in [-0.39, 0.29) is 11.2 Å². The SMILES string of the molecule is Cc1ccc(-c2cc(-c3ccc(C(C)(C)C)cc3)c(C#N)c(N)n2)cc1C. The van der Waals surface area contributed by atoms with Crippen LogP contribution < -0.4 is 5.73 Å². The molecule has 3 rings (SSSR count). The van der Waals surface area contributed by atoms with E-state index in [1.54, 1.807) is 0 Å². The van der Waals surface area contributed by atoms with Crippen LogP contribution in [0, 0.1) is 25.2 Å². The number of aryl methyl sites for hydroxylation is 2. The van der Waals surface area contributed by atoms with Gasteiger partial charge in [0.1, 0.15) is 17.5 Å². The average molecular weight is 355 g/mol. The molecular weight excluding hydrogens is 330 g/mol. The van der Waals surface area contributed by atoms with Crippen LogP contribution >= 0.6 is 0 Å². The summed E-state index contributed by atoms with van der Waals surface area (Å²) in [4.78, 5) is 4.48. The van der Waals surface area contributed by atoms with E-state index in [1.807, 2.05) is 12.1 Å². The second-order valence-corrected chi connectivity index (χ2v) is 8.05. The van der Waals surface area contributed by atoms with Gasteiger partial charge in [-0.3, -0.25) is 0 Å². The van der Waals surface area contributed by atoms with Gasteiger partial charge in [0.15, 0.2) is 0 Å². The normalized spacial score (nSPS) is 11.3. The Hall–Kier alpha value is -3.12. The zero-order valence-corrected chi connectivity index (χ0v) is 16.6. The van der Waals surface area contributed by atoms with Gasteiger partial charge in [-0.05, 0) is 53.6 Å². The molecule has 27 heavy (non-hydrogen) atoms. The fourth-order valence-corrected chi connectivity index (χ4v) is 3.11. The minimum atomic E-state index is 0.0818. The van der Waals surface area contributed by atoms with Gasteiger partial charge in [-0.15, -0.1) is 0 Å². The number of nitrogens with two attached hydrogens (primary N) is 1. The van der Waals surface area contributed by atoms with Crippen molar-refractivity contribution in [3.63, 3.8) is 0 Å². The van der Waals surface area contributed by atoms with Crippen molar-refractivity contribution in [2.24, 2.45) is 0 Å². The number of aromatic nitrogens is 1. The Morgan fingerprint density at radius 1 is 0.889 bits per heavy atom. The Kier molecular flexibility index (Phi) is 4.76. The van der Waals surface area contributed by atoms with Gasteiger partial charge >= 0.3 is 0 Å². The number of pyridine rings is 1. The summed E-state index contributed by atoms with van der Waals surface area (Å²) in [5.74, 6) is 0.267. The predicted octanol–water partition coefficient (Wildman–Crippen LogP) is 5.78. The molecule has 0 aliphatic rings. The van der Waals surface area contributed by atoms with Gasteiger partial charge in [-0.1, -0.05) is 57.2 Å². The maximum absolute atomic E-state index is 9.62. The van der Waals surface area contributed by atoms with Crippen molar-refractivity contribution in [2.45, 2.75) is 40.0 Å². The highest BCUT2D eigenvalue weighted by molar-refractivity contribution is 5.80. The van der Waals surface area contributed by atoms with Gasteiger partial charge < -0.3 is 5.73 Å². The molecule has 2 aromatic carbocycles. The zero-order chi connectivity index (χ0) is 19.8. The molecule has 0 atom stereocenters. The summed E-state index contributed by atoms with van der Waals surface area (Å²) in [6, 6.07) is 18.8. The standard InChI is InChI=1S/C24H25N3/c1-15-6-7-18(12-16(15)2)22-13-20(21(14-25)23(26)27-22)17-8-10-19(11-9-17)24(3,4)5/h6-13H,1-5H3,(H2,26,27). The summed E-state index contributed by atoms with van der Waals surface area (Å²) in [7, 11) is 0. The lowest BCUT2D eigenvalue weighted by atomic mass is 9.86. The molecule has 1 aromatic heterocycles. The van der Waals surface area contributed by atoms with Crippen LogP contribution in [0.25, 0.3) is 22.4 Å². The molecule has 3 heteroatoms. The lowest BCUT2D eigenvalue weighted by molar-refractivity contribution is 0.590. The number of rotatable bonds is 2. The lowest BCUT2D eigenvalue weighted by Crippen LogP contribution is -2.10. The molecule has 3 nitrogen and oxygen atoms in total. The van der Waals surface area contributed by atoms with Gasteiger partial charge in [-0.25, -0.2) is 4.98 Å². The first-order valence-electron chi connectivity index (χ1n) is 9.10.